The highest BCUT2D eigenvalue weighted by atomic mass is 35.5. The van der Waals surface area contributed by atoms with Crippen LogP contribution in [0.4, 0.5) is 5.69 Å². The minimum Gasteiger partial charge on any atom is -0.365 e. The van der Waals surface area contributed by atoms with Crippen molar-refractivity contribution in [1.82, 2.24) is 4.90 Å². The molecular weight excluding hydrogens is 262 g/mol. The Morgan fingerprint density at radius 2 is 1.95 bits per heavy atom. The zero-order valence-corrected chi connectivity index (χ0v) is 12.6. The molecule has 5 heteroatoms. The Kier molecular flexibility index (Phi) is 6.12. The molecule has 0 aromatic heterocycles. The molecule has 1 aromatic rings. The van der Waals surface area contributed by atoms with Crippen LogP contribution in [-0.4, -0.2) is 37.5 Å². The maximum absolute atomic E-state index is 12.1. The molecule has 2 N–H and O–H groups in total. The van der Waals surface area contributed by atoms with E-state index in [4.69, 9.17) is 17.3 Å². The number of carbonyl (C=O) groups excluding carboxylic acids is 1. The molecule has 1 rings (SSSR count). The molecule has 19 heavy (non-hydrogen) atoms. The maximum Gasteiger partial charge on any atom is 0.242 e. The van der Waals surface area contributed by atoms with E-state index < -0.39 is 0 Å². The summed E-state index contributed by atoms with van der Waals surface area (Å²) in [5.41, 5.74) is 7.61. The third-order valence-electron chi connectivity index (χ3n) is 3.17. The van der Waals surface area contributed by atoms with E-state index in [0.717, 1.165) is 24.3 Å². The van der Waals surface area contributed by atoms with Gasteiger partial charge in [0.05, 0.1) is 6.54 Å². The predicted molar refractivity (Wildman–Crippen MR) is 80.5 cm³/mol. The van der Waals surface area contributed by atoms with Crippen molar-refractivity contribution in [2.45, 2.75) is 20.4 Å². The number of halogens is 1. The van der Waals surface area contributed by atoms with E-state index in [1.807, 2.05) is 48.9 Å². The zero-order chi connectivity index (χ0) is 14.4. The van der Waals surface area contributed by atoms with Crippen molar-refractivity contribution < 1.29 is 4.79 Å². The molecule has 0 fully saturated rings. The van der Waals surface area contributed by atoms with Gasteiger partial charge in [0.2, 0.25) is 5.91 Å². The van der Waals surface area contributed by atoms with Crippen molar-refractivity contribution in [3.05, 3.63) is 28.8 Å². The van der Waals surface area contributed by atoms with E-state index in [1.54, 1.807) is 0 Å². The fourth-order valence-electron chi connectivity index (χ4n) is 2.03. The van der Waals surface area contributed by atoms with Gasteiger partial charge < -0.3 is 15.5 Å². The SMILES string of the molecule is CCN(CC)C(=O)CN(C)c1cc(Cl)ccc1CN. The average Bonchev–Trinajstić information content (AvgIpc) is 2.40. The first kappa shape index (κ1) is 15.8. The van der Waals surface area contributed by atoms with Crippen molar-refractivity contribution in [2.75, 3.05) is 31.6 Å². The van der Waals surface area contributed by atoms with Gasteiger partial charge in [0.25, 0.3) is 0 Å². The lowest BCUT2D eigenvalue weighted by Crippen LogP contribution is -2.39. The van der Waals surface area contributed by atoms with Gasteiger partial charge in [0.1, 0.15) is 0 Å². The van der Waals surface area contributed by atoms with Crippen LogP contribution in [0, 0.1) is 0 Å². The van der Waals surface area contributed by atoms with Crippen LogP contribution < -0.4 is 10.6 Å². The van der Waals surface area contributed by atoms with Gasteiger partial charge >= 0.3 is 0 Å². The molecule has 0 spiro atoms. The van der Waals surface area contributed by atoms with Crippen LogP contribution in [0.15, 0.2) is 18.2 Å². The van der Waals surface area contributed by atoms with Gasteiger partial charge in [0.15, 0.2) is 0 Å². The Morgan fingerprint density at radius 3 is 2.47 bits per heavy atom. The van der Waals surface area contributed by atoms with Gasteiger partial charge in [0, 0.05) is 37.4 Å². The maximum atomic E-state index is 12.1. The summed E-state index contributed by atoms with van der Waals surface area (Å²) in [6.45, 7) is 6.16. The average molecular weight is 284 g/mol. The molecule has 0 aliphatic rings. The number of rotatable bonds is 6. The first-order chi connectivity index (χ1) is 9.03. The monoisotopic (exact) mass is 283 g/mol. The lowest BCUT2D eigenvalue weighted by molar-refractivity contribution is -0.129. The second-order valence-corrected chi connectivity index (χ2v) is 4.84. The van der Waals surface area contributed by atoms with Gasteiger partial charge in [-0.2, -0.15) is 0 Å². The van der Waals surface area contributed by atoms with Crippen molar-refractivity contribution in [2.24, 2.45) is 5.73 Å². The van der Waals surface area contributed by atoms with Crippen molar-refractivity contribution in [3.63, 3.8) is 0 Å². The fraction of sp³-hybridized carbons (Fsp3) is 0.500. The quantitative estimate of drug-likeness (QED) is 0.870. The number of hydrogen-bond donors (Lipinski definition) is 1. The van der Waals surface area contributed by atoms with Gasteiger partial charge in [-0.15, -0.1) is 0 Å². The zero-order valence-electron chi connectivity index (χ0n) is 11.8. The van der Waals surface area contributed by atoms with E-state index in [0.29, 0.717) is 18.1 Å². The number of anilines is 1. The molecule has 0 heterocycles. The Hall–Kier alpha value is -1.26. The van der Waals surface area contributed by atoms with Gasteiger partial charge in [-0.3, -0.25) is 4.79 Å². The van der Waals surface area contributed by atoms with Crippen molar-refractivity contribution in [1.29, 1.82) is 0 Å². The highest BCUT2D eigenvalue weighted by Crippen LogP contribution is 2.23. The standard InChI is InChI=1S/C14H22ClN3O/c1-4-18(5-2)14(19)10-17(3)13-8-12(15)7-6-11(13)9-16/h6-8H,4-5,9-10,16H2,1-3H3. The number of hydrogen-bond acceptors (Lipinski definition) is 3. The summed E-state index contributed by atoms with van der Waals surface area (Å²) in [6, 6.07) is 5.56. The van der Waals surface area contributed by atoms with Gasteiger partial charge in [-0.1, -0.05) is 17.7 Å². The first-order valence-corrected chi connectivity index (χ1v) is 6.88. The second-order valence-electron chi connectivity index (χ2n) is 4.40. The smallest absolute Gasteiger partial charge is 0.242 e. The van der Waals surface area contributed by atoms with Crippen molar-refractivity contribution in [3.8, 4) is 0 Å². The third-order valence-corrected chi connectivity index (χ3v) is 3.40. The highest BCUT2D eigenvalue weighted by molar-refractivity contribution is 6.30. The van der Waals surface area contributed by atoms with Crippen LogP contribution in [0.2, 0.25) is 5.02 Å². The van der Waals surface area contributed by atoms with Crippen LogP contribution in [0.25, 0.3) is 0 Å². The minimum atomic E-state index is 0.107. The number of benzene rings is 1. The summed E-state index contributed by atoms with van der Waals surface area (Å²) < 4.78 is 0. The summed E-state index contributed by atoms with van der Waals surface area (Å²) in [6.07, 6.45) is 0. The van der Waals surface area contributed by atoms with E-state index in [9.17, 15) is 4.79 Å². The number of amides is 1. The Balaban J connectivity index is 2.85. The molecule has 0 unspecified atom stereocenters. The van der Waals surface area contributed by atoms with E-state index in [1.165, 1.54) is 0 Å². The van der Waals surface area contributed by atoms with Crippen LogP contribution >= 0.6 is 11.6 Å². The molecule has 0 radical (unpaired) electrons. The van der Waals surface area contributed by atoms with Gasteiger partial charge in [-0.05, 0) is 31.5 Å². The Labute approximate surface area is 120 Å². The van der Waals surface area contributed by atoms with Crippen LogP contribution in [-0.2, 0) is 11.3 Å². The van der Waals surface area contributed by atoms with Crippen LogP contribution in [0.5, 0.6) is 0 Å². The number of nitrogens with two attached hydrogens (primary N) is 1. The topological polar surface area (TPSA) is 49.6 Å². The normalized spacial score (nSPS) is 10.4. The molecule has 0 aliphatic carbocycles. The molecule has 4 nitrogen and oxygen atoms in total. The minimum absolute atomic E-state index is 0.107. The number of likely N-dealkylation sites (N-methyl/N-ethyl adjacent to an activating group) is 2. The molecular formula is C14H22ClN3O. The molecule has 0 saturated heterocycles. The molecule has 0 bridgehead atoms. The fourth-order valence-corrected chi connectivity index (χ4v) is 2.20. The summed E-state index contributed by atoms with van der Waals surface area (Å²) in [5, 5.41) is 0.648. The predicted octanol–water partition coefficient (Wildman–Crippen LogP) is 2.10. The summed E-state index contributed by atoms with van der Waals surface area (Å²) >= 11 is 6.01. The lowest BCUT2D eigenvalue weighted by Gasteiger charge is -2.26. The largest absolute Gasteiger partial charge is 0.365 e. The van der Waals surface area contributed by atoms with E-state index >= 15 is 0 Å². The number of nitrogens with zero attached hydrogens (tertiary/aromatic N) is 2. The second kappa shape index (κ2) is 7.36. The van der Waals surface area contributed by atoms with Gasteiger partial charge in [-0.25, -0.2) is 0 Å². The Morgan fingerprint density at radius 1 is 1.32 bits per heavy atom. The van der Waals surface area contributed by atoms with E-state index in [-0.39, 0.29) is 5.91 Å². The summed E-state index contributed by atoms with van der Waals surface area (Å²) in [5.74, 6) is 0.107. The Bertz CT molecular complexity index is 433. The molecule has 0 atom stereocenters. The van der Waals surface area contributed by atoms with Crippen LogP contribution in [0.1, 0.15) is 19.4 Å². The summed E-state index contributed by atoms with van der Waals surface area (Å²) in [4.78, 5) is 15.8. The molecule has 1 aromatic carbocycles. The van der Waals surface area contributed by atoms with Crippen molar-refractivity contribution >= 4 is 23.2 Å². The summed E-state index contributed by atoms with van der Waals surface area (Å²) in [7, 11) is 1.88. The van der Waals surface area contributed by atoms with Crippen LogP contribution in [0.3, 0.4) is 0 Å². The molecule has 0 aliphatic heterocycles. The highest BCUT2D eigenvalue weighted by Gasteiger charge is 2.14. The first-order valence-electron chi connectivity index (χ1n) is 6.50. The number of carbonyl (C=O) groups is 1. The molecule has 1 amide bonds. The van der Waals surface area contributed by atoms with E-state index in [2.05, 4.69) is 0 Å². The lowest BCUT2D eigenvalue weighted by atomic mass is 10.1. The molecule has 0 saturated carbocycles. The third kappa shape index (κ3) is 4.11. The molecule has 106 valence electrons.